The van der Waals surface area contributed by atoms with Crippen molar-refractivity contribution in [1.29, 1.82) is 0 Å². The zero-order valence-electron chi connectivity index (χ0n) is 52.2. The normalized spacial score (nSPS) is 24.1. The Bertz CT molecular complexity index is 1510. The molecule has 12 unspecified atom stereocenters. The highest BCUT2D eigenvalue weighted by molar-refractivity contribution is 5.76. The number of allylic oxidation sites excluding steroid dienone is 5. The first kappa shape index (κ1) is 76.3. The molecule has 0 radical (unpaired) electrons. The van der Waals surface area contributed by atoms with Crippen LogP contribution in [0.3, 0.4) is 0 Å². The highest BCUT2D eigenvalue weighted by Gasteiger charge is 2.51. The van der Waals surface area contributed by atoms with Gasteiger partial charge in [0.05, 0.1) is 32.0 Å². The molecule has 1 amide bonds. The van der Waals surface area contributed by atoms with Crippen LogP contribution in [-0.2, 0) is 23.7 Å². The fourth-order valence-electron chi connectivity index (χ4n) is 11.3. The molecule has 82 heavy (non-hydrogen) atoms. The molecule has 0 aromatic heterocycles. The highest BCUT2D eigenvalue weighted by atomic mass is 16.7. The van der Waals surface area contributed by atoms with E-state index in [4.69, 9.17) is 18.9 Å². The van der Waals surface area contributed by atoms with Gasteiger partial charge in [-0.3, -0.25) is 4.79 Å². The van der Waals surface area contributed by atoms with Gasteiger partial charge in [0, 0.05) is 6.42 Å². The lowest BCUT2D eigenvalue weighted by Gasteiger charge is -2.46. The Morgan fingerprint density at radius 1 is 0.439 bits per heavy atom. The fourth-order valence-corrected chi connectivity index (χ4v) is 11.3. The van der Waals surface area contributed by atoms with E-state index in [0.717, 1.165) is 51.4 Å². The molecular formula is C68H127NO13. The predicted molar refractivity (Wildman–Crippen MR) is 332 cm³/mol. The summed E-state index contributed by atoms with van der Waals surface area (Å²) < 4.78 is 22.8. The third-order valence-corrected chi connectivity index (χ3v) is 16.8. The Balaban J connectivity index is 1.70. The number of aliphatic hydroxyl groups excluding tert-OH is 8. The van der Waals surface area contributed by atoms with Crippen LogP contribution >= 0.6 is 0 Å². The van der Waals surface area contributed by atoms with Gasteiger partial charge in [-0.05, 0) is 51.4 Å². The molecule has 482 valence electrons. The van der Waals surface area contributed by atoms with Crippen molar-refractivity contribution in [2.24, 2.45) is 0 Å². The van der Waals surface area contributed by atoms with Crippen molar-refractivity contribution >= 4 is 5.91 Å². The minimum absolute atomic E-state index is 0.240. The SMILES string of the molecule is CCCCCCC/C=C\C/C=C\CCCCCCCCCCCC(=O)NC(COC1OC(CO)C(OC2OC(CO)C(O)C(O)C2O)C(O)C1O)C(O)/C=C/CCCCCCCCCCCCCCCCCCCCCCCCCCC. The molecule has 14 nitrogen and oxygen atoms in total. The minimum atomic E-state index is -1.79. The van der Waals surface area contributed by atoms with Gasteiger partial charge in [-0.25, -0.2) is 0 Å². The van der Waals surface area contributed by atoms with E-state index < -0.39 is 86.8 Å². The molecule has 2 rings (SSSR count). The van der Waals surface area contributed by atoms with E-state index in [9.17, 15) is 45.6 Å². The number of carbonyl (C=O) groups is 1. The first-order valence-corrected chi connectivity index (χ1v) is 34.2. The van der Waals surface area contributed by atoms with Crippen molar-refractivity contribution in [3.63, 3.8) is 0 Å². The Hall–Kier alpha value is -1.79. The lowest BCUT2D eigenvalue weighted by atomic mass is 9.97. The minimum Gasteiger partial charge on any atom is -0.394 e. The zero-order chi connectivity index (χ0) is 59.5. The smallest absolute Gasteiger partial charge is 0.220 e. The second-order valence-corrected chi connectivity index (χ2v) is 24.3. The van der Waals surface area contributed by atoms with Crippen LogP contribution in [0.5, 0.6) is 0 Å². The lowest BCUT2D eigenvalue weighted by molar-refractivity contribution is -0.359. The quantitative estimate of drug-likeness (QED) is 0.0204. The van der Waals surface area contributed by atoms with E-state index in [1.54, 1.807) is 6.08 Å². The standard InChI is InChI=1S/C68H127NO13/c1-3-5-7-9-11-13-15-17-19-21-23-25-26-27-28-29-30-32-33-35-37-39-41-43-45-47-49-51-57(72)56(55-79-67-65(78)63(76)66(59(54-71)81-67)82-68-64(77)62(75)61(74)58(53-70)80-68)69-60(73)52-50-48-46-44-42-40-38-36-34-31-24-22-20-18-16-14-12-10-8-6-4-2/h16,18,22,24,49,51,56-59,61-68,70-72,74-78H,3-15,17,19-21,23,25-48,50,52-55H2,1-2H3,(H,69,73)/b18-16-,24-22-,51-49+. The molecule has 9 N–H and O–H groups in total. The van der Waals surface area contributed by atoms with Crippen molar-refractivity contribution in [1.82, 2.24) is 5.32 Å². The molecule has 0 bridgehead atoms. The van der Waals surface area contributed by atoms with Crippen molar-refractivity contribution in [2.45, 2.75) is 370 Å². The van der Waals surface area contributed by atoms with E-state index in [2.05, 4.69) is 43.5 Å². The maximum Gasteiger partial charge on any atom is 0.220 e. The van der Waals surface area contributed by atoms with Crippen LogP contribution in [0.4, 0.5) is 0 Å². The fraction of sp³-hybridized carbons (Fsp3) is 0.897. The van der Waals surface area contributed by atoms with Crippen molar-refractivity contribution in [3.8, 4) is 0 Å². The molecule has 0 aromatic carbocycles. The maximum atomic E-state index is 13.3. The monoisotopic (exact) mass is 1170 g/mol. The van der Waals surface area contributed by atoms with E-state index in [1.807, 2.05) is 6.08 Å². The highest BCUT2D eigenvalue weighted by Crippen LogP contribution is 2.30. The van der Waals surface area contributed by atoms with Crippen LogP contribution in [0, 0.1) is 0 Å². The molecule has 2 saturated heterocycles. The Kier molecular flexibility index (Phi) is 49.7. The molecule has 2 aliphatic rings. The molecule has 2 fully saturated rings. The molecular weight excluding hydrogens is 1040 g/mol. The lowest BCUT2D eigenvalue weighted by Crippen LogP contribution is -2.65. The number of hydrogen-bond acceptors (Lipinski definition) is 13. The van der Waals surface area contributed by atoms with E-state index in [-0.39, 0.29) is 18.9 Å². The number of aliphatic hydroxyl groups is 8. The van der Waals surface area contributed by atoms with Crippen LogP contribution < -0.4 is 5.32 Å². The molecule has 12 atom stereocenters. The number of carbonyl (C=O) groups excluding carboxylic acids is 1. The summed E-state index contributed by atoms with van der Waals surface area (Å²) in [5.74, 6) is -0.240. The summed E-state index contributed by atoms with van der Waals surface area (Å²) in [5, 5.41) is 87.4. The molecule has 2 aliphatic heterocycles. The van der Waals surface area contributed by atoms with Gasteiger partial charge >= 0.3 is 0 Å². The average molecular weight is 1170 g/mol. The van der Waals surface area contributed by atoms with Gasteiger partial charge in [0.1, 0.15) is 48.8 Å². The van der Waals surface area contributed by atoms with Gasteiger partial charge in [-0.2, -0.15) is 0 Å². The molecule has 0 spiro atoms. The van der Waals surface area contributed by atoms with Crippen molar-refractivity contribution in [3.05, 3.63) is 36.5 Å². The largest absolute Gasteiger partial charge is 0.394 e. The van der Waals surface area contributed by atoms with Crippen molar-refractivity contribution < 1.29 is 64.6 Å². The molecule has 0 aliphatic carbocycles. The zero-order valence-corrected chi connectivity index (χ0v) is 52.2. The summed E-state index contributed by atoms with van der Waals surface area (Å²) in [6, 6.07) is -0.918. The number of amides is 1. The second-order valence-electron chi connectivity index (χ2n) is 24.3. The van der Waals surface area contributed by atoms with Crippen LogP contribution in [0.15, 0.2) is 36.5 Å². The molecule has 0 saturated carbocycles. The topological polar surface area (TPSA) is 228 Å². The number of nitrogens with one attached hydrogen (secondary N) is 1. The number of ether oxygens (including phenoxy) is 4. The molecule has 2 heterocycles. The average Bonchev–Trinajstić information content (AvgIpc) is 3.66. The predicted octanol–water partition coefficient (Wildman–Crippen LogP) is 13.3. The van der Waals surface area contributed by atoms with Crippen LogP contribution in [-0.4, -0.2) is 140 Å². The summed E-state index contributed by atoms with van der Waals surface area (Å²) in [6.45, 7) is 2.82. The van der Waals surface area contributed by atoms with Gasteiger partial charge < -0.3 is 65.1 Å². The summed E-state index contributed by atoms with van der Waals surface area (Å²) in [4.78, 5) is 13.3. The Labute approximate surface area is 500 Å². The van der Waals surface area contributed by atoms with Gasteiger partial charge in [0.2, 0.25) is 5.91 Å². The molecule has 14 heteroatoms. The summed E-state index contributed by atoms with van der Waals surface area (Å²) >= 11 is 0. The van der Waals surface area contributed by atoms with Gasteiger partial charge in [0.15, 0.2) is 12.6 Å². The molecule has 0 aromatic rings. The van der Waals surface area contributed by atoms with Crippen LogP contribution in [0.25, 0.3) is 0 Å². The van der Waals surface area contributed by atoms with Crippen LogP contribution in [0.2, 0.25) is 0 Å². The van der Waals surface area contributed by atoms with Crippen LogP contribution in [0.1, 0.15) is 296 Å². The summed E-state index contributed by atoms with van der Waals surface area (Å²) in [6.07, 6.45) is 50.5. The number of hydrogen-bond donors (Lipinski definition) is 9. The third kappa shape index (κ3) is 37.7. The van der Waals surface area contributed by atoms with E-state index in [0.29, 0.717) is 6.42 Å². The first-order chi connectivity index (χ1) is 40.1. The third-order valence-electron chi connectivity index (χ3n) is 16.8. The van der Waals surface area contributed by atoms with Gasteiger partial charge in [0.25, 0.3) is 0 Å². The van der Waals surface area contributed by atoms with E-state index >= 15 is 0 Å². The van der Waals surface area contributed by atoms with Gasteiger partial charge in [-0.15, -0.1) is 0 Å². The number of unbranched alkanes of at least 4 members (excludes halogenated alkanes) is 39. The Morgan fingerprint density at radius 3 is 1.22 bits per heavy atom. The first-order valence-electron chi connectivity index (χ1n) is 34.2. The Morgan fingerprint density at radius 2 is 0.805 bits per heavy atom. The van der Waals surface area contributed by atoms with Crippen molar-refractivity contribution in [2.75, 3.05) is 19.8 Å². The second kappa shape index (κ2) is 53.4. The number of rotatable bonds is 56. The van der Waals surface area contributed by atoms with E-state index in [1.165, 1.54) is 218 Å². The summed E-state index contributed by atoms with van der Waals surface area (Å²) in [5.41, 5.74) is 0. The van der Waals surface area contributed by atoms with Gasteiger partial charge in [-0.1, -0.05) is 275 Å². The summed E-state index contributed by atoms with van der Waals surface area (Å²) in [7, 11) is 0. The maximum absolute atomic E-state index is 13.3.